The zero-order valence-electron chi connectivity index (χ0n) is 9.83. The molecule has 0 spiro atoms. The smallest absolute Gasteiger partial charge is 0.230 e. The molecule has 0 saturated heterocycles. The van der Waals surface area contributed by atoms with E-state index >= 15 is 0 Å². The van der Waals surface area contributed by atoms with E-state index in [-0.39, 0.29) is 5.91 Å². The summed E-state index contributed by atoms with van der Waals surface area (Å²) in [4.78, 5) is 12.6. The van der Waals surface area contributed by atoms with Crippen molar-refractivity contribution in [2.75, 3.05) is 25.4 Å². The fourth-order valence-electron chi connectivity index (χ4n) is 1.22. The summed E-state index contributed by atoms with van der Waals surface area (Å²) in [5.74, 6) is 0.526. The van der Waals surface area contributed by atoms with E-state index in [2.05, 4.69) is 26.6 Å². The first-order chi connectivity index (χ1) is 8.24. The van der Waals surface area contributed by atoms with Crippen molar-refractivity contribution in [3.63, 3.8) is 0 Å². The van der Waals surface area contributed by atoms with Crippen LogP contribution in [0.3, 0.4) is 0 Å². The van der Waals surface area contributed by atoms with Gasteiger partial charge in [-0.25, -0.2) is 0 Å². The SMILES string of the molecule is CCNCCNC(=O)CSc1ccccc1Br. The van der Waals surface area contributed by atoms with Gasteiger partial charge in [0.2, 0.25) is 5.91 Å². The molecule has 3 nitrogen and oxygen atoms in total. The maximum atomic E-state index is 11.5. The Hall–Kier alpha value is -0.520. The summed E-state index contributed by atoms with van der Waals surface area (Å²) < 4.78 is 1.03. The van der Waals surface area contributed by atoms with E-state index in [1.165, 1.54) is 11.8 Å². The lowest BCUT2D eigenvalue weighted by Crippen LogP contribution is -2.32. The van der Waals surface area contributed by atoms with Crippen molar-refractivity contribution in [2.45, 2.75) is 11.8 Å². The lowest BCUT2D eigenvalue weighted by molar-refractivity contribution is -0.118. The zero-order chi connectivity index (χ0) is 12.5. The Morgan fingerprint density at radius 1 is 1.35 bits per heavy atom. The van der Waals surface area contributed by atoms with Crippen LogP contribution in [0, 0.1) is 0 Å². The van der Waals surface area contributed by atoms with Crippen molar-refractivity contribution < 1.29 is 4.79 Å². The number of carbonyl (C=O) groups is 1. The van der Waals surface area contributed by atoms with Gasteiger partial charge in [0.25, 0.3) is 0 Å². The van der Waals surface area contributed by atoms with Gasteiger partial charge in [-0.3, -0.25) is 4.79 Å². The Labute approximate surface area is 115 Å². The van der Waals surface area contributed by atoms with Gasteiger partial charge in [0.15, 0.2) is 0 Å². The summed E-state index contributed by atoms with van der Waals surface area (Å²) in [6, 6.07) is 7.91. The Morgan fingerprint density at radius 2 is 2.12 bits per heavy atom. The van der Waals surface area contributed by atoms with E-state index in [9.17, 15) is 4.79 Å². The number of rotatable bonds is 7. The topological polar surface area (TPSA) is 41.1 Å². The molecule has 0 atom stereocenters. The van der Waals surface area contributed by atoms with Crippen LogP contribution >= 0.6 is 27.7 Å². The number of likely N-dealkylation sites (N-methyl/N-ethyl adjacent to an activating group) is 1. The molecule has 17 heavy (non-hydrogen) atoms. The quantitative estimate of drug-likeness (QED) is 0.599. The van der Waals surface area contributed by atoms with E-state index in [0.717, 1.165) is 22.5 Å². The lowest BCUT2D eigenvalue weighted by atomic mass is 10.4. The Morgan fingerprint density at radius 3 is 2.82 bits per heavy atom. The van der Waals surface area contributed by atoms with Crippen molar-refractivity contribution in [2.24, 2.45) is 0 Å². The molecule has 1 aromatic rings. The standard InChI is InChI=1S/C12H17BrN2OS/c1-2-14-7-8-15-12(16)9-17-11-6-4-3-5-10(11)13/h3-6,14H,2,7-9H2,1H3,(H,15,16). The molecule has 1 rings (SSSR count). The number of carbonyl (C=O) groups excluding carboxylic acids is 1. The van der Waals surface area contributed by atoms with E-state index in [0.29, 0.717) is 12.3 Å². The van der Waals surface area contributed by atoms with Crippen molar-refractivity contribution in [1.82, 2.24) is 10.6 Å². The van der Waals surface area contributed by atoms with Crippen LogP contribution in [-0.2, 0) is 4.79 Å². The minimum absolute atomic E-state index is 0.0728. The highest BCUT2D eigenvalue weighted by Gasteiger charge is 2.04. The number of thioether (sulfide) groups is 1. The first-order valence-corrected chi connectivity index (χ1v) is 7.36. The molecule has 5 heteroatoms. The minimum atomic E-state index is 0.0728. The number of hydrogen-bond donors (Lipinski definition) is 2. The highest BCUT2D eigenvalue weighted by molar-refractivity contribution is 9.10. The molecule has 0 heterocycles. The molecule has 0 aliphatic rings. The first kappa shape index (κ1) is 14.5. The Bertz CT molecular complexity index is 360. The first-order valence-electron chi connectivity index (χ1n) is 5.58. The van der Waals surface area contributed by atoms with Crippen LogP contribution in [0.5, 0.6) is 0 Å². The third-order valence-electron chi connectivity index (χ3n) is 2.07. The second-order valence-corrected chi connectivity index (χ2v) is 5.29. The molecule has 0 saturated carbocycles. The van der Waals surface area contributed by atoms with Crippen LogP contribution in [-0.4, -0.2) is 31.3 Å². The average molecular weight is 317 g/mol. The fraction of sp³-hybridized carbons (Fsp3) is 0.417. The zero-order valence-corrected chi connectivity index (χ0v) is 12.2. The summed E-state index contributed by atoms with van der Waals surface area (Å²) in [7, 11) is 0. The highest BCUT2D eigenvalue weighted by atomic mass is 79.9. The monoisotopic (exact) mass is 316 g/mol. The van der Waals surface area contributed by atoms with Crippen LogP contribution in [0.2, 0.25) is 0 Å². The molecule has 2 N–H and O–H groups in total. The fourth-order valence-corrected chi connectivity index (χ4v) is 2.62. The van der Waals surface area contributed by atoms with Gasteiger partial charge in [-0.1, -0.05) is 19.1 Å². The molecule has 0 aromatic heterocycles. The van der Waals surface area contributed by atoms with Gasteiger partial charge < -0.3 is 10.6 Å². The third kappa shape index (κ3) is 6.10. The normalized spacial score (nSPS) is 10.2. The van der Waals surface area contributed by atoms with Gasteiger partial charge in [-0.2, -0.15) is 0 Å². The number of nitrogens with one attached hydrogen (secondary N) is 2. The van der Waals surface area contributed by atoms with E-state index < -0.39 is 0 Å². The van der Waals surface area contributed by atoms with E-state index in [4.69, 9.17) is 0 Å². The Balaban J connectivity index is 2.22. The number of halogens is 1. The highest BCUT2D eigenvalue weighted by Crippen LogP contribution is 2.26. The minimum Gasteiger partial charge on any atom is -0.354 e. The molecule has 0 bridgehead atoms. The Kier molecular flexibility index (Phi) is 7.32. The van der Waals surface area contributed by atoms with Gasteiger partial charge in [0.1, 0.15) is 0 Å². The second kappa shape index (κ2) is 8.55. The van der Waals surface area contributed by atoms with Crippen molar-refractivity contribution in [3.05, 3.63) is 28.7 Å². The largest absolute Gasteiger partial charge is 0.354 e. The summed E-state index contributed by atoms with van der Waals surface area (Å²) in [5.41, 5.74) is 0. The van der Waals surface area contributed by atoms with Crippen LogP contribution < -0.4 is 10.6 Å². The number of benzene rings is 1. The molecule has 0 aliphatic carbocycles. The lowest BCUT2D eigenvalue weighted by Gasteiger charge is -2.06. The van der Waals surface area contributed by atoms with Crippen molar-refractivity contribution >= 4 is 33.6 Å². The predicted octanol–water partition coefficient (Wildman–Crippen LogP) is 2.27. The van der Waals surface area contributed by atoms with Crippen LogP contribution in [0.4, 0.5) is 0 Å². The number of amides is 1. The third-order valence-corrected chi connectivity index (χ3v) is 4.10. The molecular formula is C12H17BrN2OS. The molecule has 1 aromatic carbocycles. The molecule has 0 aliphatic heterocycles. The molecule has 0 fully saturated rings. The average Bonchev–Trinajstić information content (AvgIpc) is 2.34. The molecule has 0 radical (unpaired) electrons. The van der Waals surface area contributed by atoms with Gasteiger partial charge in [-0.15, -0.1) is 11.8 Å². The van der Waals surface area contributed by atoms with Crippen molar-refractivity contribution in [1.29, 1.82) is 0 Å². The van der Waals surface area contributed by atoms with Gasteiger partial charge in [0, 0.05) is 22.5 Å². The summed E-state index contributed by atoms with van der Waals surface area (Å²) in [6.07, 6.45) is 0. The molecule has 1 amide bonds. The van der Waals surface area contributed by atoms with Gasteiger partial charge in [0.05, 0.1) is 5.75 Å². The van der Waals surface area contributed by atoms with Crippen LogP contribution in [0.25, 0.3) is 0 Å². The molecule has 94 valence electrons. The van der Waals surface area contributed by atoms with E-state index in [1.54, 1.807) is 0 Å². The van der Waals surface area contributed by atoms with Gasteiger partial charge in [-0.05, 0) is 34.6 Å². The maximum absolute atomic E-state index is 11.5. The number of hydrogen-bond acceptors (Lipinski definition) is 3. The van der Waals surface area contributed by atoms with E-state index in [1.807, 2.05) is 31.2 Å². The summed E-state index contributed by atoms with van der Waals surface area (Å²) >= 11 is 5.00. The van der Waals surface area contributed by atoms with Crippen molar-refractivity contribution in [3.8, 4) is 0 Å². The summed E-state index contributed by atoms with van der Waals surface area (Å²) in [6.45, 7) is 4.48. The van der Waals surface area contributed by atoms with Crippen LogP contribution in [0.15, 0.2) is 33.6 Å². The summed E-state index contributed by atoms with van der Waals surface area (Å²) in [5, 5.41) is 6.03. The molecular weight excluding hydrogens is 300 g/mol. The predicted molar refractivity (Wildman–Crippen MR) is 76.4 cm³/mol. The molecule has 0 unspecified atom stereocenters. The van der Waals surface area contributed by atoms with Gasteiger partial charge >= 0.3 is 0 Å². The second-order valence-electron chi connectivity index (χ2n) is 3.42. The van der Waals surface area contributed by atoms with Crippen LogP contribution in [0.1, 0.15) is 6.92 Å². The maximum Gasteiger partial charge on any atom is 0.230 e.